The van der Waals surface area contributed by atoms with Gasteiger partial charge in [0.15, 0.2) is 0 Å². The zero-order chi connectivity index (χ0) is 9.73. The van der Waals surface area contributed by atoms with Gasteiger partial charge in [0.25, 0.3) is 0 Å². The summed E-state index contributed by atoms with van der Waals surface area (Å²) in [5.41, 5.74) is 0.305. The van der Waals surface area contributed by atoms with Gasteiger partial charge in [-0.1, -0.05) is 20.8 Å². The van der Waals surface area contributed by atoms with Gasteiger partial charge < -0.3 is 5.32 Å². The van der Waals surface area contributed by atoms with Crippen molar-refractivity contribution in [3.8, 4) is 0 Å². The molecule has 1 heterocycles. The van der Waals surface area contributed by atoms with Crippen LogP contribution in [0.25, 0.3) is 0 Å². The molecule has 3 heteroatoms. The fourth-order valence-electron chi connectivity index (χ4n) is 0.834. The van der Waals surface area contributed by atoms with Gasteiger partial charge in [0, 0.05) is 18.9 Å². The summed E-state index contributed by atoms with van der Waals surface area (Å²) < 4.78 is 0. The molecule has 0 bridgehead atoms. The molecule has 0 radical (unpaired) electrons. The van der Waals surface area contributed by atoms with E-state index in [2.05, 4.69) is 36.1 Å². The standard InChI is InChI=1S/C10H17N3/c1-4-10(2,3)8-13-9-11-6-5-7-12-9/h5-7H,4,8H2,1-3H3,(H,11,12,13). The van der Waals surface area contributed by atoms with E-state index in [1.165, 1.54) is 0 Å². The average Bonchev–Trinajstić information content (AvgIpc) is 2.17. The van der Waals surface area contributed by atoms with Crippen molar-refractivity contribution in [2.45, 2.75) is 27.2 Å². The summed E-state index contributed by atoms with van der Waals surface area (Å²) in [6.45, 7) is 7.55. The van der Waals surface area contributed by atoms with Crippen molar-refractivity contribution < 1.29 is 0 Å². The van der Waals surface area contributed by atoms with Crippen LogP contribution in [0.4, 0.5) is 5.95 Å². The summed E-state index contributed by atoms with van der Waals surface area (Å²) in [6, 6.07) is 1.82. The zero-order valence-electron chi connectivity index (χ0n) is 8.54. The fraction of sp³-hybridized carbons (Fsp3) is 0.600. The molecule has 72 valence electrons. The highest BCUT2D eigenvalue weighted by molar-refractivity contribution is 5.22. The Morgan fingerprint density at radius 2 is 1.92 bits per heavy atom. The predicted octanol–water partition coefficient (Wildman–Crippen LogP) is 2.32. The lowest BCUT2D eigenvalue weighted by Gasteiger charge is -2.22. The van der Waals surface area contributed by atoms with Gasteiger partial charge in [-0.15, -0.1) is 0 Å². The van der Waals surface area contributed by atoms with E-state index in [4.69, 9.17) is 0 Å². The molecule has 3 nitrogen and oxygen atoms in total. The number of aromatic nitrogens is 2. The third-order valence-corrected chi connectivity index (χ3v) is 2.25. The van der Waals surface area contributed by atoms with Gasteiger partial charge in [-0.25, -0.2) is 9.97 Å². The Morgan fingerprint density at radius 3 is 2.46 bits per heavy atom. The molecule has 0 aliphatic carbocycles. The van der Waals surface area contributed by atoms with Crippen LogP contribution in [-0.2, 0) is 0 Å². The summed E-state index contributed by atoms with van der Waals surface area (Å²) >= 11 is 0. The van der Waals surface area contributed by atoms with Crippen LogP contribution in [0, 0.1) is 5.41 Å². The predicted molar refractivity (Wildman–Crippen MR) is 54.6 cm³/mol. The first kappa shape index (κ1) is 9.96. The highest BCUT2D eigenvalue weighted by atomic mass is 15.1. The molecule has 0 aromatic carbocycles. The highest BCUT2D eigenvalue weighted by Gasteiger charge is 2.14. The molecule has 0 atom stereocenters. The van der Waals surface area contributed by atoms with Gasteiger partial charge >= 0.3 is 0 Å². The van der Waals surface area contributed by atoms with Crippen molar-refractivity contribution in [3.63, 3.8) is 0 Å². The Balaban J connectivity index is 2.44. The van der Waals surface area contributed by atoms with E-state index in [0.29, 0.717) is 11.4 Å². The number of hydrogen-bond donors (Lipinski definition) is 1. The minimum absolute atomic E-state index is 0.305. The number of anilines is 1. The summed E-state index contributed by atoms with van der Waals surface area (Å²) in [7, 11) is 0. The van der Waals surface area contributed by atoms with E-state index in [-0.39, 0.29) is 0 Å². The monoisotopic (exact) mass is 179 g/mol. The van der Waals surface area contributed by atoms with Crippen molar-refractivity contribution in [1.82, 2.24) is 9.97 Å². The van der Waals surface area contributed by atoms with Crippen LogP contribution < -0.4 is 5.32 Å². The van der Waals surface area contributed by atoms with Gasteiger partial charge in [-0.3, -0.25) is 0 Å². The van der Waals surface area contributed by atoms with E-state index in [1.54, 1.807) is 12.4 Å². The van der Waals surface area contributed by atoms with Gasteiger partial charge in [0.1, 0.15) is 0 Å². The smallest absolute Gasteiger partial charge is 0.222 e. The van der Waals surface area contributed by atoms with Crippen LogP contribution >= 0.6 is 0 Å². The Morgan fingerprint density at radius 1 is 1.31 bits per heavy atom. The minimum Gasteiger partial charge on any atom is -0.354 e. The molecular weight excluding hydrogens is 162 g/mol. The van der Waals surface area contributed by atoms with Gasteiger partial charge in [0.05, 0.1) is 0 Å². The zero-order valence-corrected chi connectivity index (χ0v) is 8.54. The molecule has 13 heavy (non-hydrogen) atoms. The second-order valence-corrected chi connectivity index (χ2v) is 3.94. The first-order valence-corrected chi connectivity index (χ1v) is 4.65. The van der Waals surface area contributed by atoms with Gasteiger partial charge in [-0.2, -0.15) is 0 Å². The lowest BCUT2D eigenvalue weighted by Crippen LogP contribution is -2.22. The topological polar surface area (TPSA) is 37.8 Å². The van der Waals surface area contributed by atoms with Crippen LogP contribution in [0.5, 0.6) is 0 Å². The molecular formula is C10H17N3. The van der Waals surface area contributed by atoms with E-state index in [9.17, 15) is 0 Å². The van der Waals surface area contributed by atoms with Gasteiger partial charge in [-0.05, 0) is 17.9 Å². The Bertz CT molecular complexity index is 244. The third-order valence-electron chi connectivity index (χ3n) is 2.25. The minimum atomic E-state index is 0.305. The van der Waals surface area contributed by atoms with E-state index in [1.807, 2.05) is 6.07 Å². The molecule has 0 aliphatic heterocycles. The summed E-state index contributed by atoms with van der Waals surface area (Å²) in [5, 5.41) is 3.21. The van der Waals surface area contributed by atoms with Crippen molar-refractivity contribution in [2.75, 3.05) is 11.9 Å². The second kappa shape index (κ2) is 4.21. The molecule has 1 rings (SSSR count). The Hall–Kier alpha value is -1.12. The molecule has 0 amide bonds. The van der Waals surface area contributed by atoms with Gasteiger partial charge in [0.2, 0.25) is 5.95 Å². The summed E-state index contributed by atoms with van der Waals surface area (Å²) in [4.78, 5) is 8.19. The normalized spacial score (nSPS) is 11.3. The number of nitrogens with one attached hydrogen (secondary N) is 1. The summed E-state index contributed by atoms with van der Waals surface area (Å²) in [6.07, 6.45) is 4.63. The fourth-order valence-corrected chi connectivity index (χ4v) is 0.834. The van der Waals surface area contributed by atoms with Crippen molar-refractivity contribution in [1.29, 1.82) is 0 Å². The second-order valence-electron chi connectivity index (χ2n) is 3.94. The van der Waals surface area contributed by atoms with Crippen LogP contribution in [0.3, 0.4) is 0 Å². The first-order valence-electron chi connectivity index (χ1n) is 4.65. The first-order chi connectivity index (χ1) is 6.14. The molecule has 0 saturated carbocycles. The molecule has 1 aromatic heterocycles. The molecule has 0 aliphatic rings. The van der Waals surface area contributed by atoms with Crippen LogP contribution in [0.1, 0.15) is 27.2 Å². The third kappa shape index (κ3) is 3.40. The summed E-state index contributed by atoms with van der Waals surface area (Å²) in [5.74, 6) is 0.712. The molecule has 0 spiro atoms. The largest absolute Gasteiger partial charge is 0.354 e. The quantitative estimate of drug-likeness (QED) is 0.770. The lowest BCUT2D eigenvalue weighted by molar-refractivity contribution is 0.376. The van der Waals surface area contributed by atoms with Crippen molar-refractivity contribution >= 4 is 5.95 Å². The maximum atomic E-state index is 4.09. The molecule has 1 aromatic rings. The van der Waals surface area contributed by atoms with E-state index < -0.39 is 0 Å². The lowest BCUT2D eigenvalue weighted by atomic mass is 9.90. The highest BCUT2D eigenvalue weighted by Crippen LogP contribution is 2.19. The molecule has 0 unspecified atom stereocenters. The number of nitrogens with zero attached hydrogens (tertiary/aromatic N) is 2. The maximum absolute atomic E-state index is 4.09. The van der Waals surface area contributed by atoms with E-state index >= 15 is 0 Å². The Labute approximate surface area is 79.6 Å². The van der Waals surface area contributed by atoms with Crippen LogP contribution in [0.2, 0.25) is 0 Å². The number of hydrogen-bond acceptors (Lipinski definition) is 3. The van der Waals surface area contributed by atoms with Crippen molar-refractivity contribution in [2.24, 2.45) is 5.41 Å². The van der Waals surface area contributed by atoms with Crippen LogP contribution in [0.15, 0.2) is 18.5 Å². The molecule has 0 saturated heterocycles. The van der Waals surface area contributed by atoms with Crippen molar-refractivity contribution in [3.05, 3.63) is 18.5 Å². The molecule has 0 fully saturated rings. The molecule has 1 N–H and O–H groups in total. The maximum Gasteiger partial charge on any atom is 0.222 e. The SMILES string of the molecule is CCC(C)(C)CNc1ncccn1. The Kier molecular flexibility index (Phi) is 3.23. The van der Waals surface area contributed by atoms with Crippen LogP contribution in [-0.4, -0.2) is 16.5 Å². The average molecular weight is 179 g/mol. The van der Waals surface area contributed by atoms with E-state index in [0.717, 1.165) is 13.0 Å². The number of rotatable bonds is 4.